The lowest BCUT2D eigenvalue weighted by Gasteiger charge is -2.23. The summed E-state index contributed by atoms with van der Waals surface area (Å²) >= 11 is 0. The van der Waals surface area contributed by atoms with Crippen LogP contribution in [-0.2, 0) is 0 Å². The molecule has 0 saturated carbocycles. The molecule has 0 heterocycles. The minimum absolute atomic E-state index is 0.0289. The Bertz CT molecular complexity index is 748. The Labute approximate surface area is 128 Å². The van der Waals surface area contributed by atoms with Crippen molar-refractivity contribution < 1.29 is 14.7 Å². The smallest absolute Gasteiger partial charge is 0.196 e. The Morgan fingerprint density at radius 2 is 1.59 bits per heavy atom. The molecule has 2 aromatic carbocycles. The van der Waals surface area contributed by atoms with Gasteiger partial charge in [0.15, 0.2) is 11.6 Å². The molecule has 3 rings (SSSR count). The summed E-state index contributed by atoms with van der Waals surface area (Å²) < 4.78 is 0. The number of ketones is 2. The Hall–Kier alpha value is -2.46. The van der Waals surface area contributed by atoms with E-state index in [4.69, 9.17) is 0 Å². The van der Waals surface area contributed by atoms with Crippen molar-refractivity contribution in [2.75, 3.05) is 11.9 Å². The quantitative estimate of drug-likeness (QED) is 0.776. The number of aliphatic hydroxyl groups excluding tert-OH is 1. The second kappa shape index (κ2) is 5.73. The molecule has 0 amide bonds. The standard InChI is InChI=1S/C18H17NO3/c1-2-11(10-20)19-15-9-5-8-14-16(15)18(22)13-7-4-3-6-12(13)17(14)21/h3-9,11,19-20H,2,10H2,1H3/t11-/m0/s1. The van der Waals surface area contributed by atoms with Gasteiger partial charge in [0.25, 0.3) is 0 Å². The van der Waals surface area contributed by atoms with Crippen LogP contribution in [-0.4, -0.2) is 29.3 Å². The number of aliphatic hydroxyl groups is 1. The van der Waals surface area contributed by atoms with E-state index in [-0.39, 0.29) is 24.2 Å². The monoisotopic (exact) mass is 295 g/mol. The van der Waals surface area contributed by atoms with Gasteiger partial charge in [-0.05, 0) is 12.5 Å². The van der Waals surface area contributed by atoms with E-state index in [0.717, 1.165) is 6.42 Å². The van der Waals surface area contributed by atoms with Crippen LogP contribution in [0.3, 0.4) is 0 Å². The summed E-state index contributed by atoms with van der Waals surface area (Å²) in [6.07, 6.45) is 0.721. The minimum Gasteiger partial charge on any atom is -0.394 e. The van der Waals surface area contributed by atoms with Gasteiger partial charge in [-0.25, -0.2) is 0 Å². The molecule has 1 atom stereocenters. The lowest BCUT2D eigenvalue weighted by molar-refractivity contribution is 0.0979. The van der Waals surface area contributed by atoms with Gasteiger partial charge < -0.3 is 10.4 Å². The summed E-state index contributed by atoms with van der Waals surface area (Å²) in [4.78, 5) is 25.4. The van der Waals surface area contributed by atoms with Crippen molar-refractivity contribution in [2.45, 2.75) is 19.4 Å². The first-order valence-corrected chi connectivity index (χ1v) is 7.36. The zero-order chi connectivity index (χ0) is 15.7. The molecular formula is C18H17NO3. The highest BCUT2D eigenvalue weighted by atomic mass is 16.3. The molecule has 0 spiro atoms. The van der Waals surface area contributed by atoms with Crippen LogP contribution in [0.25, 0.3) is 0 Å². The van der Waals surface area contributed by atoms with Crippen LogP contribution >= 0.6 is 0 Å². The summed E-state index contributed by atoms with van der Waals surface area (Å²) in [5.74, 6) is -0.285. The van der Waals surface area contributed by atoms with Crippen LogP contribution in [0.5, 0.6) is 0 Å². The normalized spacial score (nSPS) is 14.3. The fourth-order valence-corrected chi connectivity index (χ4v) is 2.76. The first kappa shape index (κ1) is 14.5. The molecule has 0 saturated heterocycles. The van der Waals surface area contributed by atoms with E-state index in [9.17, 15) is 14.7 Å². The fraction of sp³-hybridized carbons (Fsp3) is 0.222. The lowest BCUT2D eigenvalue weighted by Crippen LogP contribution is -2.27. The minimum atomic E-state index is -0.152. The number of carbonyl (C=O) groups excluding carboxylic acids is 2. The van der Waals surface area contributed by atoms with Gasteiger partial charge in [-0.3, -0.25) is 9.59 Å². The third kappa shape index (κ3) is 2.22. The Morgan fingerprint density at radius 3 is 2.23 bits per heavy atom. The second-order valence-corrected chi connectivity index (χ2v) is 5.36. The van der Waals surface area contributed by atoms with Crippen molar-refractivity contribution in [3.63, 3.8) is 0 Å². The molecule has 4 nitrogen and oxygen atoms in total. The number of rotatable bonds is 4. The van der Waals surface area contributed by atoms with Gasteiger partial charge in [0.1, 0.15) is 0 Å². The van der Waals surface area contributed by atoms with Crippen molar-refractivity contribution in [3.05, 3.63) is 64.7 Å². The van der Waals surface area contributed by atoms with Crippen molar-refractivity contribution in [2.24, 2.45) is 0 Å². The number of anilines is 1. The highest BCUT2D eigenvalue weighted by molar-refractivity contribution is 6.30. The van der Waals surface area contributed by atoms with E-state index in [2.05, 4.69) is 5.32 Å². The number of carbonyl (C=O) groups is 2. The van der Waals surface area contributed by atoms with Gasteiger partial charge in [0.2, 0.25) is 0 Å². The molecule has 2 N–H and O–H groups in total. The predicted molar refractivity (Wildman–Crippen MR) is 84.5 cm³/mol. The number of nitrogens with one attached hydrogen (secondary N) is 1. The van der Waals surface area contributed by atoms with Crippen LogP contribution in [0.1, 0.15) is 45.2 Å². The third-order valence-electron chi connectivity index (χ3n) is 4.03. The molecule has 0 aliphatic heterocycles. The fourth-order valence-electron chi connectivity index (χ4n) is 2.76. The highest BCUT2D eigenvalue weighted by Crippen LogP contribution is 2.32. The zero-order valence-electron chi connectivity index (χ0n) is 12.3. The topological polar surface area (TPSA) is 66.4 Å². The van der Waals surface area contributed by atoms with Crippen molar-refractivity contribution in [1.29, 1.82) is 0 Å². The average Bonchev–Trinajstić information content (AvgIpc) is 2.57. The maximum Gasteiger partial charge on any atom is 0.196 e. The van der Waals surface area contributed by atoms with Crippen LogP contribution in [0, 0.1) is 0 Å². The predicted octanol–water partition coefficient (Wildman–Crippen LogP) is 2.64. The number of hydrogen-bond donors (Lipinski definition) is 2. The molecule has 112 valence electrons. The molecule has 2 aromatic rings. The van der Waals surface area contributed by atoms with Crippen LogP contribution in [0.2, 0.25) is 0 Å². The highest BCUT2D eigenvalue weighted by Gasteiger charge is 2.31. The third-order valence-corrected chi connectivity index (χ3v) is 4.03. The van der Waals surface area contributed by atoms with E-state index < -0.39 is 0 Å². The Morgan fingerprint density at radius 1 is 0.955 bits per heavy atom. The summed E-state index contributed by atoms with van der Waals surface area (Å²) in [6.45, 7) is 1.92. The average molecular weight is 295 g/mol. The molecule has 0 fully saturated rings. The van der Waals surface area contributed by atoms with Gasteiger partial charge in [-0.15, -0.1) is 0 Å². The first-order chi connectivity index (χ1) is 10.7. The number of benzene rings is 2. The van der Waals surface area contributed by atoms with E-state index in [0.29, 0.717) is 27.9 Å². The van der Waals surface area contributed by atoms with Gasteiger partial charge in [-0.1, -0.05) is 43.3 Å². The molecule has 1 aliphatic carbocycles. The van der Waals surface area contributed by atoms with Gasteiger partial charge in [0.05, 0.1) is 12.2 Å². The van der Waals surface area contributed by atoms with Gasteiger partial charge in [0, 0.05) is 28.4 Å². The van der Waals surface area contributed by atoms with Crippen molar-refractivity contribution in [3.8, 4) is 0 Å². The van der Waals surface area contributed by atoms with E-state index in [1.165, 1.54) is 0 Å². The number of fused-ring (bicyclic) bond motifs is 2. The van der Waals surface area contributed by atoms with Crippen LogP contribution in [0.4, 0.5) is 5.69 Å². The van der Waals surface area contributed by atoms with Crippen molar-refractivity contribution >= 4 is 17.3 Å². The summed E-state index contributed by atoms with van der Waals surface area (Å²) in [6, 6.07) is 11.9. The number of hydrogen-bond acceptors (Lipinski definition) is 4. The summed E-state index contributed by atoms with van der Waals surface area (Å²) in [7, 11) is 0. The molecule has 4 heteroatoms. The van der Waals surface area contributed by atoms with E-state index in [1.807, 2.05) is 6.92 Å². The SMILES string of the molecule is CC[C@@H](CO)Nc1cccc2c1C(=O)c1ccccc1C2=O. The maximum atomic E-state index is 12.8. The second-order valence-electron chi connectivity index (χ2n) is 5.36. The first-order valence-electron chi connectivity index (χ1n) is 7.36. The Balaban J connectivity index is 2.13. The molecule has 0 aromatic heterocycles. The molecule has 0 bridgehead atoms. The Kier molecular flexibility index (Phi) is 3.77. The lowest BCUT2D eigenvalue weighted by atomic mass is 9.83. The van der Waals surface area contributed by atoms with Gasteiger partial charge in [-0.2, -0.15) is 0 Å². The zero-order valence-corrected chi connectivity index (χ0v) is 12.3. The maximum absolute atomic E-state index is 12.8. The summed E-state index contributed by atoms with van der Waals surface area (Å²) in [5.41, 5.74) is 2.31. The molecule has 0 radical (unpaired) electrons. The largest absolute Gasteiger partial charge is 0.394 e. The van der Waals surface area contributed by atoms with Gasteiger partial charge >= 0.3 is 0 Å². The molecule has 22 heavy (non-hydrogen) atoms. The molecule has 0 unspecified atom stereocenters. The van der Waals surface area contributed by atoms with Crippen LogP contribution in [0.15, 0.2) is 42.5 Å². The van der Waals surface area contributed by atoms with Crippen molar-refractivity contribution in [1.82, 2.24) is 0 Å². The molecule has 1 aliphatic rings. The van der Waals surface area contributed by atoms with Crippen LogP contribution < -0.4 is 5.32 Å². The molecular weight excluding hydrogens is 278 g/mol. The van der Waals surface area contributed by atoms with E-state index >= 15 is 0 Å². The van der Waals surface area contributed by atoms with E-state index in [1.54, 1.807) is 42.5 Å². The summed E-state index contributed by atoms with van der Waals surface area (Å²) in [5, 5.41) is 12.5.